The average Bonchev–Trinajstić information content (AvgIpc) is 3.07. The van der Waals surface area contributed by atoms with Crippen molar-refractivity contribution >= 4 is 28.7 Å². The highest BCUT2D eigenvalue weighted by molar-refractivity contribution is 5.99. The van der Waals surface area contributed by atoms with E-state index in [1.165, 1.54) is 4.90 Å². The lowest BCUT2D eigenvalue weighted by molar-refractivity contribution is -0.138. The number of hydrogen-bond acceptors (Lipinski definition) is 4. The fourth-order valence-electron chi connectivity index (χ4n) is 4.20. The third kappa shape index (κ3) is 4.02. The molecule has 0 aliphatic carbocycles. The Balaban J connectivity index is 1.75. The monoisotopic (exact) mass is 420 g/mol. The second-order valence-electron chi connectivity index (χ2n) is 9.67. The largest absolute Gasteiger partial charge is 0.443 e. The molecule has 1 N–H and O–H groups in total. The maximum Gasteiger partial charge on any atom is 0.415 e. The summed E-state index contributed by atoms with van der Waals surface area (Å²) in [7, 11) is 0. The van der Waals surface area contributed by atoms with Crippen LogP contribution < -0.4 is 9.64 Å². The molecule has 1 aliphatic heterocycles. The summed E-state index contributed by atoms with van der Waals surface area (Å²) in [6.07, 6.45) is 1.74. The zero-order valence-electron chi connectivity index (χ0n) is 18.6. The number of benzene rings is 2. The number of nitrogens with one attached hydrogen (secondary N) is 1. The van der Waals surface area contributed by atoms with E-state index in [4.69, 9.17) is 9.47 Å². The Kier molecular flexibility index (Phi) is 5.04. The quantitative estimate of drug-likeness (QED) is 0.558. The lowest BCUT2D eigenvalue weighted by Gasteiger charge is -2.45. The number of para-hydroxylation sites is 2. The number of carbonyl (C=O) groups excluding carboxylic acids is 2. The first-order valence-corrected chi connectivity index (χ1v) is 10.4. The molecule has 2 heterocycles. The highest BCUT2D eigenvalue weighted by atomic mass is 16.6. The van der Waals surface area contributed by atoms with Crippen molar-refractivity contribution in [3.05, 3.63) is 60.3 Å². The van der Waals surface area contributed by atoms with Gasteiger partial charge in [-0.3, -0.25) is 4.90 Å². The van der Waals surface area contributed by atoms with E-state index in [9.17, 15) is 9.59 Å². The molecule has 3 aromatic rings. The predicted molar refractivity (Wildman–Crippen MR) is 120 cm³/mol. The van der Waals surface area contributed by atoms with Crippen LogP contribution >= 0.6 is 0 Å². The standard InChI is InChI=1S/C25H28N2O4/c1-24(2,3)31-23(29)27-19-13-9-6-10-16(19)14-25(4,5)21(27)22(28)30-20-15-26-18-12-8-7-11-17(18)20/h6-13,15,21,26H,14H2,1-5H3. The van der Waals surface area contributed by atoms with Crippen LogP contribution in [0.25, 0.3) is 10.9 Å². The second-order valence-corrected chi connectivity index (χ2v) is 9.67. The zero-order chi connectivity index (χ0) is 22.4. The molecule has 31 heavy (non-hydrogen) atoms. The summed E-state index contributed by atoms with van der Waals surface area (Å²) in [6, 6.07) is 14.4. The molecule has 4 rings (SSSR count). The van der Waals surface area contributed by atoms with E-state index in [0.29, 0.717) is 17.9 Å². The number of amides is 1. The van der Waals surface area contributed by atoms with Gasteiger partial charge in [0.05, 0.1) is 5.69 Å². The van der Waals surface area contributed by atoms with E-state index in [0.717, 1.165) is 16.5 Å². The molecule has 1 amide bonds. The maximum absolute atomic E-state index is 13.5. The molecule has 1 unspecified atom stereocenters. The molecule has 0 radical (unpaired) electrons. The van der Waals surface area contributed by atoms with Crippen molar-refractivity contribution in [2.45, 2.75) is 52.7 Å². The van der Waals surface area contributed by atoms with Gasteiger partial charge in [0.2, 0.25) is 0 Å². The highest BCUT2D eigenvalue weighted by Gasteiger charge is 2.49. The number of aromatic amines is 1. The molecule has 0 spiro atoms. The third-order valence-electron chi connectivity index (χ3n) is 5.47. The van der Waals surface area contributed by atoms with Gasteiger partial charge in [0.1, 0.15) is 11.6 Å². The number of ether oxygens (including phenoxy) is 2. The first-order valence-electron chi connectivity index (χ1n) is 10.4. The summed E-state index contributed by atoms with van der Waals surface area (Å²) in [4.78, 5) is 31.4. The number of hydrogen-bond donors (Lipinski definition) is 1. The number of aromatic nitrogens is 1. The number of rotatable bonds is 2. The van der Waals surface area contributed by atoms with E-state index < -0.39 is 29.1 Å². The summed E-state index contributed by atoms with van der Waals surface area (Å²) in [5.74, 6) is -0.0467. The molecule has 0 saturated carbocycles. The molecule has 162 valence electrons. The molecule has 1 aliphatic rings. The topological polar surface area (TPSA) is 71.6 Å². The van der Waals surface area contributed by atoms with E-state index in [1.807, 2.05) is 83.1 Å². The molecule has 0 fully saturated rings. The van der Waals surface area contributed by atoms with Crippen LogP contribution in [0.5, 0.6) is 5.75 Å². The average molecular weight is 421 g/mol. The van der Waals surface area contributed by atoms with Gasteiger partial charge in [-0.2, -0.15) is 0 Å². The van der Waals surface area contributed by atoms with Gasteiger partial charge < -0.3 is 14.5 Å². The van der Waals surface area contributed by atoms with Gasteiger partial charge in [0, 0.05) is 22.5 Å². The van der Waals surface area contributed by atoms with Gasteiger partial charge in [-0.05, 0) is 51.0 Å². The van der Waals surface area contributed by atoms with Gasteiger partial charge in [0.15, 0.2) is 5.75 Å². The van der Waals surface area contributed by atoms with Gasteiger partial charge in [-0.25, -0.2) is 9.59 Å². The number of carbonyl (C=O) groups is 2. The van der Waals surface area contributed by atoms with Crippen LogP contribution in [0.3, 0.4) is 0 Å². The van der Waals surface area contributed by atoms with Crippen LogP contribution in [-0.2, 0) is 16.0 Å². The molecule has 2 aromatic carbocycles. The van der Waals surface area contributed by atoms with E-state index in [-0.39, 0.29) is 0 Å². The van der Waals surface area contributed by atoms with Crippen LogP contribution in [-0.4, -0.2) is 28.7 Å². The Morgan fingerprint density at radius 1 is 1.06 bits per heavy atom. The van der Waals surface area contributed by atoms with E-state index in [2.05, 4.69) is 4.98 Å². The van der Waals surface area contributed by atoms with Crippen molar-refractivity contribution in [3.8, 4) is 5.75 Å². The summed E-state index contributed by atoms with van der Waals surface area (Å²) in [5, 5.41) is 0.814. The number of nitrogens with zero attached hydrogens (tertiary/aromatic N) is 1. The Morgan fingerprint density at radius 2 is 1.74 bits per heavy atom. The fraction of sp³-hybridized carbons (Fsp3) is 0.360. The Hall–Kier alpha value is -3.28. The lowest BCUT2D eigenvalue weighted by Crippen LogP contribution is -2.58. The maximum atomic E-state index is 13.5. The smallest absolute Gasteiger partial charge is 0.415 e. The SMILES string of the molecule is CC(C)(C)OC(=O)N1c2ccccc2CC(C)(C)C1C(=O)Oc1c[nH]c2ccccc12. The van der Waals surface area contributed by atoms with Crippen molar-refractivity contribution in [2.24, 2.45) is 5.41 Å². The van der Waals surface area contributed by atoms with Crippen molar-refractivity contribution < 1.29 is 19.1 Å². The van der Waals surface area contributed by atoms with Crippen molar-refractivity contribution in [1.82, 2.24) is 4.98 Å². The van der Waals surface area contributed by atoms with Gasteiger partial charge in [-0.1, -0.05) is 44.2 Å². The summed E-state index contributed by atoms with van der Waals surface area (Å²) < 4.78 is 11.5. The van der Waals surface area contributed by atoms with Crippen LogP contribution in [0.2, 0.25) is 0 Å². The summed E-state index contributed by atoms with van der Waals surface area (Å²) >= 11 is 0. The minimum atomic E-state index is -0.842. The molecule has 0 saturated heterocycles. The fourth-order valence-corrected chi connectivity index (χ4v) is 4.20. The van der Waals surface area contributed by atoms with E-state index >= 15 is 0 Å². The van der Waals surface area contributed by atoms with Gasteiger partial charge >= 0.3 is 12.1 Å². The third-order valence-corrected chi connectivity index (χ3v) is 5.47. The van der Waals surface area contributed by atoms with Crippen molar-refractivity contribution in [2.75, 3.05) is 4.90 Å². The Labute approximate surface area is 182 Å². The Bertz CT molecular complexity index is 1140. The molecule has 6 heteroatoms. The molecule has 1 aromatic heterocycles. The highest BCUT2D eigenvalue weighted by Crippen LogP contribution is 2.42. The van der Waals surface area contributed by atoms with Gasteiger partial charge in [0.25, 0.3) is 0 Å². The molecule has 6 nitrogen and oxygen atoms in total. The van der Waals surface area contributed by atoms with E-state index in [1.54, 1.807) is 6.20 Å². The zero-order valence-corrected chi connectivity index (χ0v) is 18.6. The minimum Gasteiger partial charge on any atom is -0.443 e. The molecule has 1 atom stereocenters. The summed E-state index contributed by atoms with van der Waals surface area (Å²) in [6.45, 7) is 9.38. The minimum absolute atomic E-state index is 0.444. The summed E-state index contributed by atoms with van der Waals surface area (Å²) in [5.41, 5.74) is 1.29. The van der Waals surface area contributed by atoms with Crippen molar-refractivity contribution in [3.63, 3.8) is 0 Å². The number of fused-ring (bicyclic) bond motifs is 2. The number of H-pyrrole nitrogens is 1. The Morgan fingerprint density at radius 3 is 2.48 bits per heavy atom. The van der Waals surface area contributed by atoms with Crippen LogP contribution in [0.4, 0.5) is 10.5 Å². The lowest BCUT2D eigenvalue weighted by atomic mass is 9.74. The second kappa shape index (κ2) is 7.45. The molecule has 0 bridgehead atoms. The predicted octanol–water partition coefficient (Wildman–Crippen LogP) is 5.47. The number of esters is 1. The van der Waals surface area contributed by atoms with Crippen LogP contribution in [0, 0.1) is 5.41 Å². The van der Waals surface area contributed by atoms with Crippen LogP contribution in [0.1, 0.15) is 40.2 Å². The number of anilines is 1. The van der Waals surface area contributed by atoms with Gasteiger partial charge in [-0.15, -0.1) is 0 Å². The molecular formula is C25H28N2O4. The molecular weight excluding hydrogens is 392 g/mol. The first-order chi connectivity index (χ1) is 14.6. The van der Waals surface area contributed by atoms with Crippen LogP contribution in [0.15, 0.2) is 54.7 Å². The van der Waals surface area contributed by atoms with Crippen molar-refractivity contribution in [1.29, 1.82) is 0 Å². The normalized spacial score (nSPS) is 17.8. The first kappa shape index (κ1) is 21.0.